The first-order valence-electron chi connectivity index (χ1n) is 13.4. The summed E-state index contributed by atoms with van der Waals surface area (Å²) < 4.78 is 0. The lowest BCUT2D eigenvalue weighted by Gasteiger charge is -2.61. The van der Waals surface area contributed by atoms with Gasteiger partial charge in [-0.1, -0.05) is 46.3 Å². The van der Waals surface area contributed by atoms with Crippen LogP contribution < -0.4 is 0 Å². The van der Waals surface area contributed by atoms with Crippen molar-refractivity contribution in [2.75, 3.05) is 0 Å². The fraction of sp³-hybridized carbons (Fsp3) is 0.931. The van der Waals surface area contributed by atoms with Gasteiger partial charge in [0.25, 0.3) is 0 Å². The van der Waals surface area contributed by atoms with E-state index in [2.05, 4.69) is 47.6 Å². The summed E-state index contributed by atoms with van der Waals surface area (Å²) in [6.45, 7) is 14.8. The van der Waals surface area contributed by atoms with Crippen LogP contribution in [0.2, 0.25) is 0 Å². The Kier molecular flexibility index (Phi) is 4.92. The molecule has 4 fully saturated rings. The highest BCUT2D eigenvalue weighted by molar-refractivity contribution is 5.33. The second kappa shape index (κ2) is 6.85. The molecule has 0 bridgehead atoms. The molecule has 0 heterocycles. The van der Waals surface area contributed by atoms with Gasteiger partial charge in [0.15, 0.2) is 0 Å². The third-order valence-corrected chi connectivity index (χ3v) is 12.2. The molecule has 2 spiro atoms. The van der Waals surface area contributed by atoms with Crippen LogP contribution in [0.1, 0.15) is 112 Å². The van der Waals surface area contributed by atoms with Crippen LogP contribution >= 0.6 is 0 Å². The van der Waals surface area contributed by atoms with Crippen molar-refractivity contribution in [3.8, 4) is 0 Å². The van der Waals surface area contributed by atoms with E-state index in [1.165, 1.54) is 51.4 Å². The summed E-state index contributed by atoms with van der Waals surface area (Å²) in [6, 6.07) is 0. The van der Waals surface area contributed by atoms with Crippen molar-refractivity contribution in [1.82, 2.24) is 0 Å². The highest BCUT2D eigenvalue weighted by atomic mass is 16.3. The number of aliphatic hydroxyl groups is 1. The van der Waals surface area contributed by atoms with E-state index in [-0.39, 0.29) is 6.10 Å². The Morgan fingerprint density at radius 1 is 0.933 bits per heavy atom. The standard InChI is InChI=1S/C29H48O/c1-19(2)16-22(30)17-21(4)23-11-13-27(6)25-10-9-24-20(3)8-7-12-28(24)18-29(25,28)15-14-26(23,27)5/h8,19,21-25,30H,7,9-18H2,1-6H3/t21-,22+,23-,24+,25+,26-,27+,28-,29+/m1/s1. The van der Waals surface area contributed by atoms with Crippen molar-refractivity contribution in [3.63, 3.8) is 0 Å². The molecule has 0 aromatic rings. The lowest BCUT2D eigenvalue weighted by Crippen LogP contribution is -2.54. The summed E-state index contributed by atoms with van der Waals surface area (Å²) in [5.74, 6) is 3.94. The van der Waals surface area contributed by atoms with Crippen molar-refractivity contribution >= 4 is 0 Å². The minimum Gasteiger partial charge on any atom is -0.393 e. The summed E-state index contributed by atoms with van der Waals surface area (Å²) in [4.78, 5) is 0. The molecule has 0 aromatic carbocycles. The third-order valence-electron chi connectivity index (χ3n) is 12.2. The molecule has 0 amide bonds. The molecule has 5 aliphatic carbocycles. The fourth-order valence-electron chi connectivity index (χ4n) is 10.8. The number of rotatable bonds is 5. The first kappa shape index (κ1) is 21.5. The molecule has 0 radical (unpaired) electrons. The Morgan fingerprint density at radius 3 is 2.43 bits per heavy atom. The van der Waals surface area contributed by atoms with Crippen LogP contribution in [0.3, 0.4) is 0 Å². The number of fused-ring (bicyclic) bond motifs is 2. The van der Waals surface area contributed by atoms with Crippen molar-refractivity contribution in [3.05, 3.63) is 11.6 Å². The molecule has 1 N–H and O–H groups in total. The molecule has 170 valence electrons. The van der Waals surface area contributed by atoms with Crippen LogP contribution in [0.5, 0.6) is 0 Å². The Balaban J connectivity index is 1.39. The van der Waals surface area contributed by atoms with Gasteiger partial charge in [0.2, 0.25) is 0 Å². The van der Waals surface area contributed by atoms with E-state index in [0.717, 1.165) is 30.6 Å². The zero-order chi connectivity index (χ0) is 21.5. The lowest BCUT2D eigenvalue weighted by molar-refractivity contribution is -0.122. The van der Waals surface area contributed by atoms with Crippen LogP contribution in [0, 0.1) is 51.2 Å². The predicted molar refractivity (Wildman–Crippen MR) is 126 cm³/mol. The molecule has 5 rings (SSSR count). The lowest BCUT2D eigenvalue weighted by atomic mass is 9.43. The summed E-state index contributed by atoms with van der Waals surface area (Å²) in [6.07, 6.45) is 17.6. The van der Waals surface area contributed by atoms with E-state index in [0.29, 0.717) is 33.5 Å². The number of aliphatic hydroxyl groups excluding tert-OH is 1. The van der Waals surface area contributed by atoms with Crippen LogP contribution in [-0.4, -0.2) is 11.2 Å². The summed E-state index contributed by atoms with van der Waals surface area (Å²) >= 11 is 0. The minimum atomic E-state index is -0.107. The average molecular weight is 413 g/mol. The molecule has 5 aliphatic rings. The predicted octanol–water partition coefficient (Wildman–Crippen LogP) is 7.78. The number of hydrogen-bond acceptors (Lipinski definition) is 1. The van der Waals surface area contributed by atoms with Gasteiger partial charge in [-0.15, -0.1) is 0 Å². The maximum absolute atomic E-state index is 10.7. The van der Waals surface area contributed by atoms with Gasteiger partial charge < -0.3 is 5.11 Å². The first-order valence-corrected chi connectivity index (χ1v) is 13.4. The fourth-order valence-corrected chi connectivity index (χ4v) is 10.8. The van der Waals surface area contributed by atoms with Crippen LogP contribution in [-0.2, 0) is 0 Å². The Bertz CT molecular complexity index is 722. The second-order valence-electron chi connectivity index (χ2n) is 13.6. The molecule has 0 unspecified atom stereocenters. The maximum Gasteiger partial charge on any atom is 0.0545 e. The van der Waals surface area contributed by atoms with Gasteiger partial charge in [0.1, 0.15) is 0 Å². The summed E-state index contributed by atoms with van der Waals surface area (Å²) in [7, 11) is 0. The smallest absolute Gasteiger partial charge is 0.0545 e. The van der Waals surface area contributed by atoms with Gasteiger partial charge in [-0.25, -0.2) is 0 Å². The minimum absolute atomic E-state index is 0.107. The molecule has 0 aromatic heterocycles. The van der Waals surface area contributed by atoms with E-state index in [9.17, 15) is 5.11 Å². The number of hydrogen-bond donors (Lipinski definition) is 1. The van der Waals surface area contributed by atoms with Gasteiger partial charge in [0, 0.05) is 0 Å². The molecule has 0 aliphatic heterocycles. The van der Waals surface area contributed by atoms with Crippen molar-refractivity contribution in [2.45, 2.75) is 118 Å². The van der Waals surface area contributed by atoms with Crippen molar-refractivity contribution in [2.24, 2.45) is 51.2 Å². The van der Waals surface area contributed by atoms with Gasteiger partial charge in [0.05, 0.1) is 6.10 Å². The SMILES string of the molecule is CC1=CCC[C@]23C[C@]24CC[C@]2(C)[C@@H]([C@H](C)C[C@@H](O)CC(C)C)CC[C@@]2(C)[C@@H]4CC[C@@H]13. The maximum atomic E-state index is 10.7. The molecule has 0 saturated heterocycles. The van der Waals surface area contributed by atoms with Crippen LogP contribution in [0.4, 0.5) is 0 Å². The zero-order valence-electron chi connectivity index (χ0n) is 20.8. The Hall–Kier alpha value is -0.300. The molecular formula is C29H48O. The van der Waals surface area contributed by atoms with E-state index >= 15 is 0 Å². The van der Waals surface area contributed by atoms with Gasteiger partial charge in [-0.3, -0.25) is 0 Å². The molecular weight excluding hydrogens is 364 g/mol. The quantitative estimate of drug-likeness (QED) is 0.457. The van der Waals surface area contributed by atoms with Crippen LogP contribution in [0.25, 0.3) is 0 Å². The van der Waals surface area contributed by atoms with Crippen molar-refractivity contribution < 1.29 is 5.11 Å². The average Bonchev–Trinajstić information content (AvgIpc) is 3.22. The van der Waals surface area contributed by atoms with Gasteiger partial charge >= 0.3 is 0 Å². The Labute approximate surface area is 186 Å². The van der Waals surface area contributed by atoms with Gasteiger partial charge in [-0.2, -0.15) is 0 Å². The zero-order valence-corrected chi connectivity index (χ0v) is 20.8. The largest absolute Gasteiger partial charge is 0.393 e. The molecule has 30 heavy (non-hydrogen) atoms. The molecule has 9 atom stereocenters. The summed E-state index contributed by atoms with van der Waals surface area (Å²) in [5, 5.41) is 10.7. The number of allylic oxidation sites excluding steroid dienone is 2. The normalized spacial score (nSPS) is 51.3. The van der Waals surface area contributed by atoms with E-state index in [1.807, 2.05) is 0 Å². The summed E-state index contributed by atoms with van der Waals surface area (Å²) in [5.41, 5.74) is 4.13. The molecule has 1 heteroatoms. The van der Waals surface area contributed by atoms with Gasteiger partial charge in [-0.05, 0) is 129 Å². The van der Waals surface area contributed by atoms with E-state index < -0.39 is 0 Å². The Morgan fingerprint density at radius 2 is 1.70 bits per heavy atom. The van der Waals surface area contributed by atoms with E-state index in [1.54, 1.807) is 12.0 Å². The first-order chi connectivity index (χ1) is 14.1. The molecule has 1 nitrogen and oxygen atoms in total. The van der Waals surface area contributed by atoms with Crippen molar-refractivity contribution in [1.29, 1.82) is 0 Å². The topological polar surface area (TPSA) is 20.2 Å². The van der Waals surface area contributed by atoms with Crippen LogP contribution in [0.15, 0.2) is 11.6 Å². The highest BCUT2D eigenvalue weighted by Gasteiger charge is 2.80. The van der Waals surface area contributed by atoms with E-state index in [4.69, 9.17) is 0 Å². The third kappa shape index (κ3) is 2.63. The molecule has 4 saturated carbocycles. The second-order valence-corrected chi connectivity index (χ2v) is 13.6. The highest BCUT2D eigenvalue weighted by Crippen LogP contribution is 2.87. The monoisotopic (exact) mass is 412 g/mol.